The van der Waals surface area contributed by atoms with E-state index in [-0.39, 0.29) is 6.61 Å². The molecule has 0 aromatic carbocycles. The van der Waals surface area contributed by atoms with Gasteiger partial charge in [0.1, 0.15) is 0 Å². The van der Waals surface area contributed by atoms with E-state index in [1.54, 1.807) is 0 Å². The first-order valence-corrected chi connectivity index (χ1v) is 4.28. The van der Waals surface area contributed by atoms with E-state index in [0.717, 1.165) is 24.4 Å². The first-order chi connectivity index (χ1) is 5.90. The topological polar surface area (TPSA) is 60.9 Å². The van der Waals surface area contributed by atoms with Gasteiger partial charge in [0, 0.05) is 0 Å². The Morgan fingerprint density at radius 2 is 2.58 bits per heavy atom. The molecule has 1 aliphatic heterocycles. The number of hydrogen-bond acceptors (Lipinski definition) is 3. The molecule has 0 unspecified atom stereocenters. The molecule has 12 heavy (non-hydrogen) atoms. The monoisotopic (exact) mass is 167 g/mol. The van der Waals surface area contributed by atoms with Crippen LogP contribution in [0, 0.1) is 0 Å². The largest absolute Gasteiger partial charge is 0.390 e. The van der Waals surface area contributed by atoms with Crippen molar-refractivity contribution in [3.63, 3.8) is 0 Å². The lowest BCUT2D eigenvalue weighted by molar-refractivity contribution is 0.276. The standard InChI is InChI=1S/C8H13N3O/c12-5-6-4-8(11-10-6)7-2-1-3-9-7/h4,7,9,12H,1-3,5H2,(H,10,11)/t7-/m1/s1. The summed E-state index contributed by atoms with van der Waals surface area (Å²) in [6.45, 7) is 1.12. The fourth-order valence-corrected chi connectivity index (χ4v) is 1.58. The summed E-state index contributed by atoms with van der Waals surface area (Å²) < 4.78 is 0. The number of aromatic nitrogens is 2. The number of aliphatic hydroxyl groups excluding tert-OH is 1. The Bertz CT molecular complexity index is 253. The van der Waals surface area contributed by atoms with Gasteiger partial charge in [0.05, 0.1) is 24.0 Å². The minimum Gasteiger partial charge on any atom is -0.390 e. The Balaban J connectivity index is 2.11. The van der Waals surface area contributed by atoms with Crippen molar-refractivity contribution in [2.75, 3.05) is 6.54 Å². The van der Waals surface area contributed by atoms with Crippen LogP contribution in [0.5, 0.6) is 0 Å². The Morgan fingerprint density at radius 1 is 1.67 bits per heavy atom. The molecule has 0 spiro atoms. The van der Waals surface area contributed by atoms with E-state index < -0.39 is 0 Å². The zero-order chi connectivity index (χ0) is 8.39. The number of nitrogens with one attached hydrogen (secondary N) is 2. The van der Waals surface area contributed by atoms with Gasteiger partial charge in [0.2, 0.25) is 0 Å². The Kier molecular flexibility index (Phi) is 2.10. The molecule has 1 aromatic heterocycles. The summed E-state index contributed by atoms with van der Waals surface area (Å²) in [7, 11) is 0. The van der Waals surface area contributed by atoms with Crippen LogP contribution in [0.1, 0.15) is 30.3 Å². The van der Waals surface area contributed by atoms with Crippen LogP contribution in [-0.2, 0) is 6.61 Å². The van der Waals surface area contributed by atoms with Crippen LogP contribution >= 0.6 is 0 Å². The van der Waals surface area contributed by atoms with E-state index in [1.807, 2.05) is 6.07 Å². The molecule has 1 fully saturated rings. The van der Waals surface area contributed by atoms with Crippen molar-refractivity contribution in [3.05, 3.63) is 17.5 Å². The average Bonchev–Trinajstić information content (AvgIpc) is 2.75. The van der Waals surface area contributed by atoms with Gasteiger partial charge in [-0.25, -0.2) is 0 Å². The van der Waals surface area contributed by atoms with E-state index >= 15 is 0 Å². The van der Waals surface area contributed by atoms with Crippen LogP contribution in [0.2, 0.25) is 0 Å². The molecule has 0 saturated carbocycles. The molecule has 0 bridgehead atoms. The molecule has 4 heteroatoms. The average molecular weight is 167 g/mol. The lowest BCUT2D eigenvalue weighted by Gasteiger charge is -2.03. The highest BCUT2D eigenvalue weighted by molar-refractivity contribution is 5.12. The summed E-state index contributed by atoms with van der Waals surface area (Å²) in [5, 5.41) is 19.1. The van der Waals surface area contributed by atoms with Crippen molar-refractivity contribution >= 4 is 0 Å². The molecular weight excluding hydrogens is 154 g/mol. The highest BCUT2D eigenvalue weighted by Gasteiger charge is 2.18. The highest BCUT2D eigenvalue weighted by atomic mass is 16.3. The van der Waals surface area contributed by atoms with Gasteiger partial charge in [-0.3, -0.25) is 5.10 Å². The maximum Gasteiger partial charge on any atom is 0.0847 e. The molecule has 4 nitrogen and oxygen atoms in total. The van der Waals surface area contributed by atoms with Gasteiger partial charge in [0.15, 0.2) is 0 Å². The van der Waals surface area contributed by atoms with Crippen LogP contribution in [-0.4, -0.2) is 21.8 Å². The molecule has 1 saturated heterocycles. The minimum absolute atomic E-state index is 0.0414. The summed E-state index contributed by atoms with van der Waals surface area (Å²) >= 11 is 0. The highest BCUT2D eigenvalue weighted by Crippen LogP contribution is 2.21. The molecule has 1 atom stereocenters. The third kappa shape index (κ3) is 1.35. The quantitative estimate of drug-likeness (QED) is 0.594. The predicted octanol–water partition coefficient (Wildman–Crippen LogP) is 0.326. The van der Waals surface area contributed by atoms with Crippen LogP contribution in [0.3, 0.4) is 0 Å². The molecule has 3 N–H and O–H groups in total. The molecular formula is C8H13N3O. The number of rotatable bonds is 2. The fraction of sp³-hybridized carbons (Fsp3) is 0.625. The van der Waals surface area contributed by atoms with Gasteiger partial charge in [-0.15, -0.1) is 0 Å². The number of hydrogen-bond donors (Lipinski definition) is 3. The van der Waals surface area contributed by atoms with Crippen LogP contribution in [0.15, 0.2) is 6.07 Å². The Labute approximate surface area is 71.0 Å². The summed E-state index contributed by atoms with van der Waals surface area (Å²) in [6, 6.07) is 2.31. The summed E-state index contributed by atoms with van der Waals surface area (Å²) in [6.07, 6.45) is 2.36. The zero-order valence-electron chi connectivity index (χ0n) is 6.88. The van der Waals surface area contributed by atoms with Crippen molar-refractivity contribution in [2.45, 2.75) is 25.5 Å². The minimum atomic E-state index is 0.0414. The lowest BCUT2D eigenvalue weighted by Crippen LogP contribution is -2.12. The van der Waals surface area contributed by atoms with Gasteiger partial charge < -0.3 is 10.4 Å². The smallest absolute Gasteiger partial charge is 0.0847 e. The first kappa shape index (κ1) is 7.76. The number of H-pyrrole nitrogens is 1. The van der Waals surface area contributed by atoms with E-state index in [2.05, 4.69) is 15.5 Å². The van der Waals surface area contributed by atoms with Crippen LogP contribution in [0.4, 0.5) is 0 Å². The predicted molar refractivity (Wildman–Crippen MR) is 44.5 cm³/mol. The van der Waals surface area contributed by atoms with Crippen LogP contribution < -0.4 is 5.32 Å². The first-order valence-electron chi connectivity index (χ1n) is 4.28. The van der Waals surface area contributed by atoms with Gasteiger partial charge in [-0.05, 0) is 25.5 Å². The maximum atomic E-state index is 8.80. The lowest BCUT2D eigenvalue weighted by atomic mass is 10.1. The molecule has 2 rings (SSSR count). The van der Waals surface area contributed by atoms with Crippen molar-refractivity contribution in [1.29, 1.82) is 0 Å². The third-order valence-electron chi connectivity index (χ3n) is 2.24. The molecule has 0 amide bonds. The number of nitrogens with zero attached hydrogens (tertiary/aromatic N) is 1. The molecule has 1 aromatic rings. The van der Waals surface area contributed by atoms with E-state index in [1.165, 1.54) is 6.42 Å². The fourth-order valence-electron chi connectivity index (χ4n) is 1.58. The van der Waals surface area contributed by atoms with Crippen molar-refractivity contribution in [2.24, 2.45) is 0 Å². The van der Waals surface area contributed by atoms with Crippen molar-refractivity contribution in [1.82, 2.24) is 15.5 Å². The van der Waals surface area contributed by atoms with Gasteiger partial charge in [0.25, 0.3) is 0 Å². The Morgan fingerprint density at radius 3 is 3.17 bits per heavy atom. The molecule has 1 aliphatic rings. The van der Waals surface area contributed by atoms with Crippen LogP contribution in [0.25, 0.3) is 0 Å². The summed E-state index contributed by atoms with van der Waals surface area (Å²) in [5.74, 6) is 0. The molecule has 2 heterocycles. The third-order valence-corrected chi connectivity index (χ3v) is 2.24. The summed E-state index contributed by atoms with van der Waals surface area (Å²) in [4.78, 5) is 0. The second kappa shape index (κ2) is 3.25. The van der Waals surface area contributed by atoms with Gasteiger partial charge in [-0.1, -0.05) is 0 Å². The van der Waals surface area contributed by atoms with Gasteiger partial charge >= 0.3 is 0 Å². The van der Waals surface area contributed by atoms with Crippen molar-refractivity contribution in [3.8, 4) is 0 Å². The number of aliphatic hydroxyl groups is 1. The molecule has 0 radical (unpaired) electrons. The molecule has 66 valence electrons. The second-order valence-corrected chi connectivity index (χ2v) is 3.13. The Hall–Kier alpha value is -0.870. The van der Waals surface area contributed by atoms with Crippen molar-refractivity contribution < 1.29 is 5.11 Å². The second-order valence-electron chi connectivity index (χ2n) is 3.13. The van der Waals surface area contributed by atoms with E-state index in [0.29, 0.717) is 6.04 Å². The van der Waals surface area contributed by atoms with E-state index in [9.17, 15) is 0 Å². The molecule has 0 aliphatic carbocycles. The normalized spacial score (nSPS) is 23.2. The summed E-state index contributed by atoms with van der Waals surface area (Å²) in [5.41, 5.74) is 1.82. The van der Waals surface area contributed by atoms with Gasteiger partial charge in [-0.2, -0.15) is 5.10 Å². The zero-order valence-corrected chi connectivity index (χ0v) is 6.88. The SMILES string of the molecule is OCc1cc([C@H]2CCCN2)n[nH]1. The van der Waals surface area contributed by atoms with E-state index in [4.69, 9.17) is 5.11 Å². The number of aromatic amines is 1. The maximum absolute atomic E-state index is 8.80.